The Kier molecular flexibility index (Phi) is 5.71. The summed E-state index contributed by atoms with van der Waals surface area (Å²) >= 11 is 1.42. The zero-order valence-electron chi connectivity index (χ0n) is 13.6. The Hall–Kier alpha value is -1.21. The smallest absolute Gasteiger partial charge is 0.234 e. The maximum Gasteiger partial charge on any atom is 0.234 e. The minimum Gasteiger partial charge on any atom is -0.488 e. The van der Waals surface area contributed by atoms with E-state index in [0.29, 0.717) is 17.9 Å². The van der Waals surface area contributed by atoms with Crippen LogP contribution in [0.2, 0.25) is 0 Å². The fourth-order valence-corrected chi connectivity index (χ4v) is 6.57. The van der Waals surface area contributed by atoms with Crippen LogP contribution in [0, 0.1) is 0 Å². The van der Waals surface area contributed by atoms with Gasteiger partial charge in [-0.05, 0) is 44.2 Å². The summed E-state index contributed by atoms with van der Waals surface area (Å²) in [5.74, 6) is 1.28. The van der Waals surface area contributed by atoms with Crippen molar-refractivity contribution in [2.24, 2.45) is 0 Å². The van der Waals surface area contributed by atoms with Gasteiger partial charge in [0.1, 0.15) is 5.75 Å². The van der Waals surface area contributed by atoms with Crippen molar-refractivity contribution in [2.75, 3.05) is 22.6 Å². The molecule has 0 aromatic heterocycles. The topological polar surface area (TPSA) is 72.5 Å². The van der Waals surface area contributed by atoms with Crippen LogP contribution in [-0.4, -0.2) is 42.9 Å². The number of nitrogens with one attached hydrogen (secondary N) is 1. The Balaban J connectivity index is 1.52. The van der Waals surface area contributed by atoms with Gasteiger partial charge in [0.25, 0.3) is 0 Å². The quantitative estimate of drug-likeness (QED) is 0.835. The summed E-state index contributed by atoms with van der Waals surface area (Å²) in [6, 6.07) is 7.49. The van der Waals surface area contributed by atoms with Gasteiger partial charge in [-0.2, -0.15) is 0 Å². The predicted octanol–water partition coefficient (Wildman–Crippen LogP) is 2.87. The summed E-state index contributed by atoms with van der Waals surface area (Å²) < 4.78 is 28.9. The molecule has 5 nitrogen and oxygen atoms in total. The van der Waals surface area contributed by atoms with Crippen molar-refractivity contribution < 1.29 is 17.9 Å². The van der Waals surface area contributed by atoms with E-state index in [1.54, 1.807) is 0 Å². The Morgan fingerprint density at radius 3 is 2.67 bits per heavy atom. The molecule has 1 saturated heterocycles. The van der Waals surface area contributed by atoms with Crippen molar-refractivity contribution in [3.05, 3.63) is 24.3 Å². The highest BCUT2D eigenvalue weighted by atomic mass is 32.2. The molecule has 0 bridgehead atoms. The monoisotopic (exact) mass is 369 g/mol. The third-order valence-corrected chi connectivity index (χ3v) is 7.68. The van der Waals surface area contributed by atoms with Crippen molar-refractivity contribution in [1.82, 2.24) is 0 Å². The van der Waals surface area contributed by atoms with E-state index < -0.39 is 9.84 Å². The van der Waals surface area contributed by atoms with Gasteiger partial charge in [-0.25, -0.2) is 8.42 Å². The molecule has 3 rings (SSSR count). The van der Waals surface area contributed by atoms with Gasteiger partial charge in [0.05, 0.1) is 29.0 Å². The van der Waals surface area contributed by atoms with Crippen molar-refractivity contribution in [3.63, 3.8) is 0 Å². The fourth-order valence-electron chi connectivity index (χ4n) is 3.13. The van der Waals surface area contributed by atoms with Crippen LogP contribution in [-0.2, 0) is 14.6 Å². The van der Waals surface area contributed by atoms with Gasteiger partial charge in [-0.3, -0.25) is 4.79 Å². The van der Waals surface area contributed by atoms with Gasteiger partial charge < -0.3 is 10.1 Å². The molecule has 132 valence electrons. The number of thioether (sulfide) groups is 1. The molecule has 1 saturated carbocycles. The second-order valence-corrected chi connectivity index (χ2v) is 9.92. The number of carbonyl (C=O) groups is 1. The Morgan fingerprint density at radius 2 is 1.96 bits per heavy atom. The minimum atomic E-state index is -2.89. The molecule has 1 N–H and O–H groups in total. The number of rotatable bonds is 6. The molecular weight excluding hydrogens is 346 g/mol. The molecule has 2 aliphatic rings. The lowest BCUT2D eigenvalue weighted by atomic mass is 10.2. The lowest BCUT2D eigenvalue weighted by molar-refractivity contribution is -0.113. The highest BCUT2D eigenvalue weighted by Crippen LogP contribution is 2.30. The van der Waals surface area contributed by atoms with E-state index >= 15 is 0 Å². The van der Waals surface area contributed by atoms with Gasteiger partial charge in [0, 0.05) is 5.25 Å². The molecule has 7 heteroatoms. The summed E-state index contributed by atoms with van der Waals surface area (Å²) in [6.45, 7) is 0. The molecule has 0 spiro atoms. The number of para-hydroxylation sites is 2. The van der Waals surface area contributed by atoms with Crippen LogP contribution in [0.4, 0.5) is 5.69 Å². The van der Waals surface area contributed by atoms with Gasteiger partial charge in [-0.15, -0.1) is 11.8 Å². The number of sulfone groups is 1. The largest absolute Gasteiger partial charge is 0.488 e. The predicted molar refractivity (Wildman–Crippen MR) is 97.5 cm³/mol. The molecule has 0 unspecified atom stereocenters. The first-order valence-corrected chi connectivity index (χ1v) is 11.3. The highest BCUT2D eigenvalue weighted by Gasteiger charge is 2.28. The van der Waals surface area contributed by atoms with Crippen LogP contribution < -0.4 is 10.1 Å². The normalized spacial score (nSPS) is 23.2. The van der Waals surface area contributed by atoms with Gasteiger partial charge in [0.2, 0.25) is 5.91 Å². The summed E-state index contributed by atoms with van der Waals surface area (Å²) in [5, 5.41) is 2.93. The second-order valence-electron chi connectivity index (χ2n) is 6.40. The van der Waals surface area contributed by atoms with Gasteiger partial charge in [-0.1, -0.05) is 12.1 Å². The molecule has 2 fully saturated rings. The van der Waals surface area contributed by atoms with E-state index in [-0.39, 0.29) is 34.5 Å². The Morgan fingerprint density at radius 1 is 1.21 bits per heavy atom. The van der Waals surface area contributed by atoms with Crippen LogP contribution in [0.3, 0.4) is 0 Å². The number of hydrogen-bond donors (Lipinski definition) is 1. The summed E-state index contributed by atoms with van der Waals surface area (Å²) in [5.41, 5.74) is 0.689. The first kappa shape index (κ1) is 17.6. The molecule has 1 aliphatic heterocycles. The molecular formula is C17H23NO4S2. The van der Waals surface area contributed by atoms with Crippen molar-refractivity contribution in [1.29, 1.82) is 0 Å². The van der Waals surface area contributed by atoms with Crippen molar-refractivity contribution in [3.8, 4) is 5.75 Å². The van der Waals surface area contributed by atoms with Crippen LogP contribution in [0.15, 0.2) is 24.3 Å². The SMILES string of the molecule is O=C(CS[C@@H]1CCS(=O)(=O)C1)Nc1ccccc1OC1CCCC1. The Bertz CT molecular complexity index is 684. The first-order chi connectivity index (χ1) is 11.5. The Labute approximate surface area is 147 Å². The minimum absolute atomic E-state index is 0.0331. The van der Waals surface area contributed by atoms with E-state index in [4.69, 9.17) is 4.74 Å². The maximum absolute atomic E-state index is 12.2. The average molecular weight is 370 g/mol. The average Bonchev–Trinajstić information content (AvgIpc) is 3.16. The van der Waals surface area contributed by atoms with Gasteiger partial charge >= 0.3 is 0 Å². The van der Waals surface area contributed by atoms with E-state index in [2.05, 4.69) is 5.32 Å². The van der Waals surface area contributed by atoms with E-state index in [0.717, 1.165) is 12.8 Å². The molecule has 1 heterocycles. The molecule has 1 amide bonds. The molecule has 24 heavy (non-hydrogen) atoms. The highest BCUT2D eigenvalue weighted by molar-refractivity contribution is 8.02. The van der Waals surface area contributed by atoms with Crippen LogP contribution >= 0.6 is 11.8 Å². The zero-order valence-corrected chi connectivity index (χ0v) is 15.2. The van der Waals surface area contributed by atoms with E-state index in [1.807, 2.05) is 24.3 Å². The summed E-state index contributed by atoms with van der Waals surface area (Å²) in [6.07, 6.45) is 5.39. The number of anilines is 1. The first-order valence-electron chi connectivity index (χ1n) is 8.39. The van der Waals surface area contributed by atoms with Crippen LogP contribution in [0.5, 0.6) is 5.75 Å². The number of hydrogen-bond acceptors (Lipinski definition) is 5. The third-order valence-electron chi connectivity index (χ3n) is 4.40. The molecule has 1 aliphatic carbocycles. The zero-order chi connectivity index (χ0) is 17.0. The molecule has 1 aromatic rings. The van der Waals surface area contributed by atoms with Crippen molar-refractivity contribution >= 4 is 33.2 Å². The second kappa shape index (κ2) is 7.78. The number of carbonyl (C=O) groups excluding carboxylic acids is 1. The number of ether oxygens (including phenoxy) is 1. The van der Waals surface area contributed by atoms with Crippen molar-refractivity contribution in [2.45, 2.75) is 43.5 Å². The molecule has 1 atom stereocenters. The van der Waals surface area contributed by atoms with Crippen LogP contribution in [0.1, 0.15) is 32.1 Å². The maximum atomic E-state index is 12.2. The number of amides is 1. The summed E-state index contributed by atoms with van der Waals surface area (Å²) in [7, 11) is -2.89. The summed E-state index contributed by atoms with van der Waals surface area (Å²) in [4.78, 5) is 12.2. The molecule has 1 aromatic carbocycles. The van der Waals surface area contributed by atoms with E-state index in [9.17, 15) is 13.2 Å². The lowest BCUT2D eigenvalue weighted by Gasteiger charge is -2.17. The standard InChI is InChI=1S/C17H23NO4S2/c19-17(11-23-14-9-10-24(20,21)12-14)18-15-7-3-4-8-16(15)22-13-5-1-2-6-13/h3-4,7-8,13-14H,1-2,5-6,9-12H2,(H,18,19)/t14-/m1/s1. The number of benzene rings is 1. The van der Waals surface area contributed by atoms with E-state index in [1.165, 1.54) is 24.6 Å². The molecule has 0 radical (unpaired) electrons. The van der Waals surface area contributed by atoms with Gasteiger partial charge in [0.15, 0.2) is 9.84 Å². The third kappa shape index (κ3) is 4.89. The van der Waals surface area contributed by atoms with Crippen LogP contribution in [0.25, 0.3) is 0 Å². The fraction of sp³-hybridized carbons (Fsp3) is 0.588. The lowest BCUT2D eigenvalue weighted by Crippen LogP contribution is -2.19.